The first-order valence-electron chi connectivity index (χ1n) is 6.03. The van der Waals surface area contributed by atoms with Crippen LogP contribution in [0.3, 0.4) is 0 Å². The molecule has 2 atom stereocenters. The number of aromatic nitrogens is 3. The van der Waals surface area contributed by atoms with Crippen LogP contribution >= 0.6 is 15.9 Å². The molecule has 0 bridgehead atoms. The Bertz CT molecular complexity index is 357. The monoisotopic (exact) mass is 302 g/mol. The summed E-state index contributed by atoms with van der Waals surface area (Å²) in [6, 6.07) is 0. The van der Waals surface area contributed by atoms with E-state index in [-0.39, 0.29) is 12.2 Å². The minimum absolute atomic E-state index is 0.275. The Kier molecular flexibility index (Phi) is 4.53. The molecule has 1 fully saturated rings. The maximum atomic E-state index is 5.81. The number of morpholine rings is 1. The number of hydrogen-bond donors (Lipinski definition) is 0. The van der Waals surface area contributed by atoms with Crippen molar-refractivity contribution in [2.75, 3.05) is 18.4 Å². The van der Waals surface area contributed by atoms with Gasteiger partial charge >= 0.3 is 0 Å². The number of alkyl halides is 1. The first kappa shape index (κ1) is 13.0. The van der Waals surface area contributed by atoms with Gasteiger partial charge in [-0.25, -0.2) is 9.67 Å². The minimum Gasteiger partial charge on any atom is -0.372 e. The highest BCUT2D eigenvalue weighted by Crippen LogP contribution is 2.14. The Morgan fingerprint density at radius 2 is 2.35 bits per heavy atom. The number of ether oxygens (including phenoxy) is 1. The lowest BCUT2D eigenvalue weighted by Crippen LogP contribution is -2.47. The summed E-state index contributed by atoms with van der Waals surface area (Å²) in [5.74, 6) is 1.04. The Hall–Kier alpha value is -0.460. The van der Waals surface area contributed by atoms with Crippen molar-refractivity contribution in [3.63, 3.8) is 0 Å². The summed E-state index contributed by atoms with van der Waals surface area (Å²) in [6.07, 6.45) is 2.19. The highest BCUT2D eigenvalue weighted by Gasteiger charge is 2.25. The van der Waals surface area contributed by atoms with Crippen LogP contribution in [0.25, 0.3) is 0 Å². The number of aryl methyl sites for hydroxylation is 1. The molecule has 0 amide bonds. The molecule has 6 heteroatoms. The number of nitrogens with zero attached hydrogens (tertiary/aromatic N) is 4. The quantitative estimate of drug-likeness (QED) is 0.786. The smallest absolute Gasteiger partial charge is 0.140 e. The molecule has 1 aliphatic heterocycles. The van der Waals surface area contributed by atoms with Crippen LogP contribution in [0.4, 0.5) is 0 Å². The predicted molar refractivity (Wildman–Crippen MR) is 69.1 cm³/mol. The predicted octanol–water partition coefficient (Wildman–Crippen LogP) is 1.28. The van der Waals surface area contributed by atoms with Gasteiger partial charge in [-0.1, -0.05) is 15.9 Å². The molecule has 0 N–H and O–H groups in total. The van der Waals surface area contributed by atoms with Gasteiger partial charge in [0.25, 0.3) is 0 Å². The van der Waals surface area contributed by atoms with Crippen LogP contribution in [0.5, 0.6) is 0 Å². The number of hydrogen-bond acceptors (Lipinski definition) is 4. The van der Waals surface area contributed by atoms with Gasteiger partial charge in [0, 0.05) is 25.0 Å². The molecule has 0 spiro atoms. The van der Waals surface area contributed by atoms with Crippen molar-refractivity contribution < 1.29 is 4.74 Å². The van der Waals surface area contributed by atoms with E-state index in [1.54, 1.807) is 6.33 Å². The fraction of sp³-hybridized carbons (Fsp3) is 0.818. The van der Waals surface area contributed by atoms with Crippen LogP contribution in [0.1, 0.15) is 19.7 Å². The van der Waals surface area contributed by atoms with Crippen molar-refractivity contribution in [3.05, 3.63) is 12.2 Å². The van der Waals surface area contributed by atoms with Gasteiger partial charge in [-0.05, 0) is 13.8 Å². The maximum absolute atomic E-state index is 5.81. The normalized spacial score (nSPS) is 26.3. The third kappa shape index (κ3) is 3.26. The lowest BCUT2D eigenvalue weighted by Gasteiger charge is -2.35. The molecule has 0 aliphatic carbocycles. The second kappa shape index (κ2) is 5.93. The van der Waals surface area contributed by atoms with E-state index in [2.05, 4.69) is 44.8 Å². The average Bonchev–Trinajstić information content (AvgIpc) is 2.75. The summed E-state index contributed by atoms with van der Waals surface area (Å²) in [5.41, 5.74) is 0. The van der Waals surface area contributed by atoms with Crippen molar-refractivity contribution in [1.29, 1.82) is 0 Å². The second-order valence-electron chi connectivity index (χ2n) is 4.41. The van der Waals surface area contributed by atoms with Crippen molar-refractivity contribution in [1.82, 2.24) is 19.7 Å². The maximum Gasteiger partial charge on any atom is 0.140 e. The van der Waals surface area contributed by atoms with Gasteiger partial charge < -0.3 is 4.74 Å². The zero-order valence-electron chi connectivity index (χ0n) is 10.3. The van der Waals surface area contributed by atoms with Crippen LogP contribution in [-0.4, -0.2) is 50.3 Å². The highest BCUT2D eigenvalue weighted by molar-refractivity contribution is 9.09. The van der Waals surface area contributed by atoms with Crippen molar-refractivity contribution in [2.45, 2.75) is 39.1 Å². The number of halogens is 1. The zero-order chi connectivity index (χ0) is 12.3. The average molecular weight is 303 g/mol. The van der Waals surface area contributed by atoms with Crippen molar-refractivity contribution in [3.8, 4) is 0 Å². The molecule has 2 heterocycles. The largest absolute Gasteiger partial charge is 0.372 e. The van der Waals surface area contributed by atoms with E-state index in [0.29, 0.717) is 0 Å². The molecule has 0 saturated carbocycles. The SMILES string of the molecule is CCn1ncnc1CN1CC(C)OC(CBr)C1. The first-order valence-corrected chi connectivity index (χ1v) is 7.15. The van der Waals surface area contributed by atoms with Crippen LogP contribution in [-0.2, 0) is 17.8 Å². The van der Waals surface area contributed by atoms with Crippen molar-refractivity contribution >= 4 is 15.9 Å². The molecule has 1 saturated heterocycles. The molecular weight excluding hydrogens is 284 g/mol. The van der Waals surface area contributed by atoms with E-state index in [9.17, 15) is 0 Å². The van der Waals surface area contributed by atoms with Gasteiger partial charge in [0.2, 0.25) is 0 Å². The minimum atomic E-state index is 0.275. The molecule has 1 aliphatic rings. The van der Waals surface area contributed by atoms with Gasteiger partial charge in [-0.3, -0.25) is 4.90 Å². The highest BCUT2D eigenvalue weighted by atomic mass is 79.9. The van der Waals surface area contributed by atoms with Crippen LogP contribution < -0.4 is 0 Å². The van der Waals surface area contributed by atoms with E-state index >= 15 is 0 Å². The molecule has 5 nitrogen and oxygen atoms in total. The van der Waals surface area contributed by atoms with Crippen LogP contribution in [0.2, 0.25) is 0 Å². The molecule has 0 aromatic carbocycles. The molecular formula is C11H19BrN4O. The van der Waals surface area contributed by atoms with E-state index in [4.69, 9.17) is 4.74 Å². The van der Waals surface area contributed by atoms with Crippen molar-refractivity contribution in [2.24, 2.45) is 0 Å². The fourth-order valence-corrected chi connectivity index (χ4v) is 2.59. The Morgan fingerprint density at radius 3 is 3.06 bits per heavy atom. The number of rotatable bonds is 4. The van der Waals surface area contributed by atoms with Gasteiger partial charge in [0.15, 0.2) is 0 Å². The Labute approximate surface area is 110 Å². The Balaban J connectivity index is 1.98. The summed E-state index contributed by atoms with van der Waals surface area (Å²) in [4.78, 5) is 6.70. The van der Waals surface area contributed by atoms with Crippen LogP contribution in [0.15, 0.2) is 6.33 Å². The molecule has 17 heavy (non-hydrogen) atoms. The molecule has 1 aromatic rings. The summed E-state index contributed by atoms with van der Waals surface area (Å²) in [6.45, 7) is 7.84. The summed E-state index contributed by atoms with van der Waals surface area (Å²) in [5, 5.41) is 5.08. The lowest BCUT2D eigenvalue weighted by atomic mass is 10.2. The van der Waals surface area contributed by atoms with Gasteiger partial charge in [-0.2, -0.15) is 5.10 Å². The van der Waals surface area contributed by atoms with Crippen LogP contribution in [0, 0.1) is 0 Å². The summed E-state index contributed by atoms with van der Waals surface area (Å²) >= 11 is 3.49. The molecule has 1 aromatic heterocycles. The standard InChI is InChI=1S/C11H19BrN4O/c1-3-16-11(13-8-14-16)7-15-5-9(2)17-10(4-12)6-15/h8-10H,3-7H2,1-2H3. The van der Waals surface area contributed by atoms with Gasteiger partial charge in [-0.15, -0.1) is 0 Å². The third-order valence-corrected chi connectivity index (χ3v) is 3.66. The van der Waals surface area contributed by atoms with Gasteiger partial charge in [0.1, 0.15) is 12.2 Å². The van der Waals surface area contributed by atoms with E-state index in [1.807, 2.05) is 4.68 Å². The topological polar surface area (TPSA) is 43.2 Å². The van der Waals surface area contributed by atoms with E-state index < -0.39 is 0 Å². The molecule has 0 radical (unpaired) electrons. The zero-order valence-corrected chi connectivity index (χ0v) is 11.9. The second-order valence-corrected chi connectivity index (χ2v) is 5.06. The summed E-state index contributed by atoms with van der Waals surface area (Å²) in [7, 11) is 0. The van der Waals surface area contributed by atoms with Gasteiger partial charge in [0.05, 0.1) is 18.8 Å². The van der Waals surface area contributed by atoms with E-state index in [1.165, 1.54) is 0 Å². The molecule has 96 valence electrons. The lowest BCUT2D eigenvalue weighted by molar-refractivity contribution is -0.0686. The Morgan fingerprint density at radius 1 is 1.53 bits per heavy atom. The molecule has 2 rings (SSSR count). The third-order valence-electron chi connectivity index (χ3n) is 2.93. The van der Waals surface area contributed by atoms with E-state index in [0.717, 1.165) is 37.3 Å². The molecule has 2 unspecified atom stereocenters. The summed E-state index contributed by atoms with van der Waals surface area (Å²) < 4.78 is 7.76. The first-order chi connectivity index (χ1) is 8.22. The fourth-order valence-electron chi connectivity index (χ4n) is 2.23.